The first-order valence-corrected chi connectivity index (χ1v) is 8.97. The maximum atomic E-state index is 12.8. The van der Waals surface area contributed by atoms with Crippen LogP contribution in [0.4, 0.5) is 11.4 Å². The molecule has 0 aliphatic heterocycles. The Bertz CT molecular complexity index is 875. The highest BCUT2D eigenvalue weighted by Gasteiger charge is 2.16. The van der Waals surface area contributed by atoms with Gasteiger partial charge in [-0.25, -0.2) is 0 Å². The Hall–Kier alpha value is -3.28. The Morgan fingerprint density at radius 2 is 1.75 bits per heavy atom. The quantitative estimate of drug-likeness (QED) is 0.668. The molecule has 0 fully saturated rings. The van der Waals surface area contributed by atoms with Crippen LogP contribution in [0.2, 0.25) is 0 Å². The van der Waals surface area contributed by atoms with Gasteiger partial charge in [-0.2, -0.15) is 0 Å². The number of carbonyl (C=O) groups excluding carboxylic acids is 2. The van der Waals surface area contributed by atoms with Gasteiger partial charge in [0.2, 0.25) is 5.91 Å². The van der Waals surface area contributed by atoms with E-state index < -0.39 is 0 Å². The molecular formula is C22H26N2O4. The first-order valence-electron chi connectivity index (χ1n) is 8.97. The maximum Gasteiger partial charge on any atom is 0.255 e. The molecular weight excluding hydrogens is 356 g/mol. The van der Waals surface area contributed by atoms with Crippen molar-refractivity contribution in [2.75, 3.05) is 24.9 Å². The molecule has 0 saturated heterocycles. The maximum absolute atomic E-state index is 12.8. The van der Waals surface area contributed by atoms with Crippen molar-refractivity contribution in [1.29, 1.82) is 0 Å². The number of anilines is 2. The zero-order valence-electron chi connectivity index (χ0n) is 16.7. The van der Waals surface area contributed by atoms with E-state index >= 15 is 0 Å². The number of allylic oxidation sites excluding steroid dienone is 1. The van der Waals surface area contributed by atoms with Crippen LogP contribution in [0.1, 0.15) is 29.8 Å². The van der Waals surface area contributed by atoms with Gasteiger partial charge in [0.1, 0.15) is 0 Å². The number of rotatable bonds is 8. The van der Waals surface area contributed by atoms with Gasteiger partial charge in [0.15, 0.2) is 11.5 Å². The molecule has 0 spiro atoms. The summed E-state index contributed by atoms with van der Waals surface area (Å²) in [4.78, 5) is 24.6. The first kappa shape index (κ1) is 21.0. The van der Waals surface area contributed by atoms with Crippen LogP contribution >= 0.6 is 0 Å². The standard InChI is InChI=1S/C22H26N2O4/c1-6-8-15-11-16(12-19(27-4)20(15)28-5)22(26)24-18-10-7-9-17(13-18)23-21(25)14(2)3/h6-7,9-14H,1,8H2,2-5H3,(H,23,25)(H,24,26). The lowest BCUT2D eigenvalue weighted by Gasteiger charge is -2.15. The van der Waals surface area contributed by atoms with Gasteiger partial charge in [-0.3, -0.25) is 9.59 Å². The zero-order chi connectivity index (χ0) is 20.7. The van der Waals surface area contributed by atoms with Crippen LogP contribution < -0.4 is 20.1 Å². The predicted molar refractivity (Wildman–Crippen MR) is 111 cm³/mol. The lowest BCUT2D eigenvalue weighted by atomic mass is 10.0. The smallest absolute Gasteiger partial charge is 0.255 e. The molecule has 0 bridgehead atoms. The van der Waals surface area contributed by atoms with Gasteiger partial charge >= 0.3 is 0 Å². The third-order valence-electron chi connectivity index (χ3n) is 4.09. The van der Waals surface area contributed by atoms with E-state index in [-0.39, 0.29) is 17.7 Å². The number of nitrogens with one attached hydrogen (secondary N) is 2. The molecule has 0 saturated carbocycles. The van der Waals surface area contributed by atoms with Crippen molar-refractivity contribution in [1.82, 2.24) is 0 Å². The molecule has 6 heteroatoms. The van der Waals surface area contributed by atoms with E-state index in [9.17, 15) is 9.59 Å². The molecule has 28 heavy (non-hydrogen) atoms. The van der Waals surface area contributed by atoms with E-state index in [1.165, 1.54) is 7.11 Å². The summed E-state index contributed by atoms with van der Waals surface area (Å²) in [5, 5.41) is 5.66. The second-order valence-corrected chi connectivity index (χ2v) is 6.54. The second-order valence-electron chi connectivity index (χ2n) is 6.54. The lowest BCUT2D eigenvalue weighted by molar-refractivity contribution is -0.118. The summed E-state index contributed by atoms with van der Waals surface area (Å²) in [6.45, 7) is 7.38. The van der Waals surface area contributed by atoms with Gasteiger partial charge in [-0.1, -0.05) is 26.0 Å². The summed E-state index contributed by atoms with van der Waals surface area (Å²) in [7, 11) is 3.08. The highest BCUT2D eigenvalue weighted by molar-refractivity contribution is 6.05. The van der Waals surface area contributed by atoms with E-state index in [0.717, 1.165) is 5.56 Å². The normalized spacial score (nSPS) is 10.3. The highest BCUT2D eigenvalue weighted by Crippen LogP contribution is 2.33. The zero-order valence-corrected chi connectivity index (χ0v) is 16.7. The fourth-order valence-corrected chi connectivity index (χ4v) is 2.65. The molecule has 148 valence electrons. The molecule has 2 aromatic rings. The van der Waals surface area contributed by atoms with Gasteiger partial charge in [0.05, 0.1) is 14.2 Å². The molecule has 2 N–H and O–H groups in total. The summed E-state index contributed by atoms with van der Waals surface area (Å²) in [5.41, 5.74) is 2.44. The average Bonchev–Trinajstić information content (AvgIpc) is 2.67. The first-order chi connectivity index (χ1) is 13.4. The van der Waals surface area contributed by atoms with Crippen molar-refractivity contribution in [3.8, 4) is 11.5 Å². The molecule has 0 unspecified atom stereocenters. The minimum absolute atomic E-state index is 0.0857. The molecule has 0 aliphatic carbocycles. The summed E-state index contributed by atoms with van der Waals surface area (Å²) >= 11 is 0. The largest absolute Gasteiger partial charge is 0.493 e. The Balaban J connectivity index is 2.26. The van der Waals surface area contributed by atoms with Gasteiger partial charge < -0.3 is 20.1 Å². The fraction of sp³-hybridized carbons (Fsp3) is 0.273. The molecule has 0 aliphatic rings. The summed E-state index contributed by atoms with van der Waals surface area (Å²) in [5.74, 6) is 0.548. The van der Waals surface area contributed by atoms with E-state index in [0.29, 0.717) is 34.9 Å². The number of hydrogen-bond acceptors (Lipinski definition) is 4. The Kier molecular flexibility index (Phi) is 7.21. The Labute approximate surface area is 165 Å². The molecule has 6 nitrogen and oxygen atoms in total. The van der Waals surface area contributed by atoms with Crippen LogP contribution in [-0.4, -0.2) is 26.0 Å². The number of carbonyl (C=O) groups is 2. The number of hydrogen-bond donors (Lipinski definition) is 2. The second kappa shape index (κ2) is 9.60. The predicted octanol–water partition coefficient (Wildman–Crippen LogP) is 4.28. The van der Waals surface area contributed by atoms with Gasteiger partial charge in [0.25, 0.3) is 5.91 Å². The lowest BCUT2D eigenvalue weighted by Crippen LogP contribution is -2.18. The van der Waals surface area contributed by atoms with Crippen LogP contribution in [0.25, 0.3) is 0 Å². The molecule has 0 atom stereocenters. The summed E-state index contributed by atoms with van der Waals surface area (Å²) in [6.07, 6.45) is 2.28. The van der Waals surface area contributed by atoms with Crippen molar-refractivity contribution in [3.05, 3.63) is 60.2 Å². The molecule has 0 heterocycles. The van der Waals surface area contributed by atoms with E-state index in [1.807, 2.05) is 13.8 Å². The minimum Gasteiger partial charge on any atom is -0.493 e. The van der Waals surface area contributed by atoms with Crippen molar-refractivity contribution < 1.29 is 19.1 Å². The Morgan fingerprint density at radius 1 is 1.07 bits per heavy atom. The van der Waals surface area contributed by atoms with E-state index in [1.54, 1.807) is 49.6 Å². The third-order valence-corrected chi connectivity index (χ3v) is 4.09. The number of benzene rings is 2. The topological polar surface area (TPSA) is 76.7 Å². The van der Waals surface area contributed by atoms with Crippen LogP contribution in [0, 0.1) is 5.92 Å². The van der Waals surface area contributed by atoms with E-state index in [2.05, 4.69) is 17.2 Å². The van der Waals surface area contributed by atoms with Crippen molar-refractivity contribution in [2.45, 2.75) is 20.3 Å². The van der Waals surface area contributed by atoms with Crippen LogP contribution in [0.15, 0.2) is 49.1 Å². The molecule has 2 aromatic carbocycles. The van der Waals surface area contributed by atoms with Crippen LogP contribution in [-0.2, 0) is 11.2 Å². The number of amides is 2. The van der Waals surface area contributed by atoms with Crippen molar-refractivity contribution in [2.24, 2.45) is 5.92 Å². The Morgan fingerprint density at radius 3 is 2.32 bits per heavy atom. The van der Waals surface area contributed by atoms with Crippen molar-refractivity contribution >= 4 is 23.2 Å². The SMILES string of the molecule is C=CCc1cc(C(=O)Nc2cccc(NC(=O)C(C)C)c2)cc(OC)c1OC. The number of ether oxygens (including phenoxy) is 2. The van der Waals surface area contributed by atoms with Gasteiger partial charge in [-0.05, 0) is 36.8 Å². The molecule has 2 amide bonds. The van der Waals surface area contributed by atoms with Crippen LogP contribution in [0.5, 0.6) is 11.5 Å². The van der Waals surface area contributed by atoms with Gasteiger partial charge in [-0.15, -0.1) is 6.58 Å². The monoisotopic (exact) mass is 382 g/mol. The van der Waals surface area contributed by atoms with Gasteiger partial charge in [0, 0.05) is 28.4 Å². The average molecular weight is 382 g/mol. The fourth-order valence-electron chi connectivity index (χ4n) is 2.65. The highest BCUT2D eigenvalue weighted by atomic mass is 16.5. The molecule has 2 rings (SSSR count). The molecule has 0 aromatic heterocycles. The number of methoxy groups -OCH3 is 2. The van der Waals surface area contributed by atoms with Crippen molar-refractivity contribution in [3.63, 3.8) is 0 Å². The van der Waals surface area contributed by atoms with Crippen LogP contribution in [0.3, 0.4) is 0 Å². The summed E-state index contributed by atoms with van der Waals surface area (Å²) in [6, 6.07) is 10.4. The minimum atomic E-state index is -0.293. The van der Waals surface area contributed by atoms with E-state index in [4.69, 9.17) is 9.47 Å². The molecule has 0 radical (unpaired) electrons. The third kappa shape index (κ3) is 5.13. The summed E-state index contributed by atoms with van der Waals surface area (Å²) < 4.78 is 10.8.